The van der Waals surface area contributed by atoms with Gasteiger partial charge in [-0.25, -0.2) is 0 Å². The molecule has 0 saturated heterocycles. The number of allylic oxidation sites excluding steroid dienone is 2. The first-order valence-electron chi connectivity index (χ1n) is 5.92. The van der Waals surface area contributed by atoms with Crippen LogP contribution in [0.3, 0.4) is 0 Å². The molecule has 2 aromatic carbocycles. The van der Waals surface area contributed by atoms with Crippen LogP contribution in [0.2, 0.25) is 5.02 Å². The van der Waals surface area contributed by atoms with Crippen molar-refractivity contribution >= 4 is 23.8 Å². The van der Waals surface area contributed by atoms with Gasteiger partial charge in [0.25, 0.3) is 0 Å². The average molecular weight is 255 g/mol. The molecule has 2 rings (SSSR count). The lowest BCUT2D eigenvalue weighted by atomic mass is 10.1. The highest BCUT2D eigenvalue weighted by Gasteiger charge is 1.93. The Bertz CT molecular complexity index is 565. The van der Waals surface area contributed by atoms with Gasteiger partial charge in [0, 0.05) is 5.02 Å². The molecule has 0 bridgehead atoms. The van der Waals surface area contributed by atoms with Crippen LogP contribution in [0.1, 0.15) is 16.7 Å². The predicted octanol–water partition coefficient (Wildman–Crippen LogP) is 5.38. The molecule has 0 heterocycles. The van der Waals surface area contributed by atoms with Crippen molar-refractivity contribution in [1.29, 1.82) is 0 Å². The smallest absolute Gasteiger partial charge is 0.0409 e. The lowest BCUT2D eigenvalue weighted by Gasteiger charge is -1.99. The van der Waals surface area contributed by atoms with E-state index in [4.69, 9.17) is 11.6 Å². The average Bonchev–Trinajstić information content (AvgIpc) is 2.38. The Morgan fingerprint density at radius 3 is 2.33 bits per heavy atom. The van der Waals surface area contributed by atoms with Gasteiger partial charge in [0.2, 0.25) is 0 Å². The monoisotopic (exact) mass is 254 g/mol. The molecule has 1 heteroatoms. The minimum atomic E-state index is 0.782. The van der Waals surface area contributed by atoms with Crippen molar-refractivity contribution < 1.29 is 0 Å². The molecule has 0 amide bonds. The molecule has 0 atom stereocenters. The number of hydrogen-bond acceptors (Lipinski definition) is 0. The van der Waals surface area contributed by atoms with Crippen LogP contribution in [0.15, 0.2) is 60.7 Å². The van der Waals surface area contributed by atoms with E-state index in [0.29, 0.717) is 0 Å². The molecule has 0 nitrogen and oxygen atoms in total. The highest BCUT2D eigenvalue weighted by molar-refractivity contribution is 6.30. The standard InChI is InChI=1S/C17H15Cl/c1-14-13-17(18)12-11-16(14)10-6-5-9-15-7-3-2-4-8-15/h2-13H,1H3/b9-5+,10-6+. The van der Waals surface area contributed by atoms with Crippen molar-refractivity contribution in [1.82, 2.24) is 0 Å². The fourth-order valence-electron chi connectivity index (χ4n) is 1.72. The van der Waals surface area contributed by atoms with Crippen molar-refractivity contribution in [2.24, 2.45) is 0 Å². The van der Waals surface area contributed by atoms with E-state index in [1.807, 2.05) is 48.6 Å². The molecule has 0 saturated carbocycles. The predicted molar refractivity (Wildman–Crippen MR) is 80.7 cm³/mol. The highest BCUT2D eigenvalue weighted by atomic mass is 35.5. The highest BCUT2D eigenvalue weighted by Crippen LogP contribution is 2.16. The summed E-state index contributed by atoms with van der Waals surface area (Å²) in [4.78, 5) is 0. The molecule has 0 aromatic heterocycles. The minimum Gasteiger partial charge on any atom is -0.0843 e. The molecular weight excluding hydrogens is 240 g/mol. The van der Waals surface area contributed by atoms with Crippen LogP contribution in [0.4, 0.5) is 0 Å². The van der Waals surface area contributed by atoms with Gasteiger partial charge in [-0.2, -0.15) is 0 Å². The van der Waals surface area contributed by atoms with Gasteiger partial charge in [-0.3, -0.25) is 0 Å². The maximum absolute atomic E-state index is 5.92. The second-order valence-corrected chi connectivity index (χ2v) is 4.57. The molecule has 18 heavy (non-hydrogen) atoms. The van der Waals surface area contributed by atoms with Crippen LogP contribution in [0, 0.1) is 6.92 Å². The third kappa shape index (κ3) is 3.61. The summed E-state index contributed by atoms with van der Waals surface area (Å²) in [5, 5.41) is 0.782. The van der Waals surface area contributed by atoms with Crippen LogP contribution in [-0.2, 0) is 0 Å². The van der Waals surface area contributed by atoms with Crippen molar-refractivity contribution in [2.75, 3.05) is 0 Å². The topological polar surface area (TPSA) is 0 Å². The number of halogens is 1. The van der Waals surface area contributed by atoms with Gasteiger partial charge in [0.1, 0.15) is 0 Å². The van der Waals surface area contributed by atoms with Crippen LogP contribution in [-0.4, -0.2) is 0 Å². The van der Waals surface area contributed by atoms with E-state index >= 15 is 0 Å². The summed E-state index contributed by atoms with van der Waals surface area (Å²) in [6.45, 7) is 2.06. The van der Waals surface area contributed by atoms with Crippen LogP contribution < -0.4 is 0 Å². The molecule has 0 N–H and O–H groups in total. The Labute approximate surface area is 113 Å². The van der Waals surface area contributed by atoms with Crippen molar-refractivity contribution in [3.63, 3.8) is 0 Å². The second kappa shape index (κ2) is 6.23. The molecule has 0 unspecified atom stereocenters. The maximum atomic E-state index is 5.92. The van der Waals surface area contributed by atoms with Crippen LogP contribution >= 0.6 is 11.6 Å². The first-order chi connectivity index (χ1) is 8.75. The summed E-state index contributed by atoms with van der Waals surface area (Å²) in [6, 6.07) is 16.2. The van der Waals surface area contributed by atoms with Crippen molar-refractivity contribution in [2.45, 2.75) is 6.92 Å². The third-order valence-electron chi connectivity index (χ3n) is 2.71. The maximum Gasteiger partial charge on any atom is 0.0409 e. The SMILES string of the molecule is Cc1cc(Cl)ccc1/C=C/C=C/c1ccccc1. The van der Waals surface area contributed by atoms with Gasteiger partial charge in [-0.15, -0.1) is 0 Å². The molecule has 2 aromatic rings. The van der Waals surface area contributed by atoms with E-state index in [9.17, 15) is 0 Å². The molecule has 0 aliphatic carbocycles. The van der Waals surface area contributed by atoms with Gasteiger partial charge in [-0.1, -0.05) is 72.3 Å². The number of aryl methyl sites for hydroxylation is 1. The van der Waals surface area contributed by atoms with Gasteiger partial charge in [-0.05, 0) is 35.7 Å². The normalized spacial score (nSPS) is 11.4. The molecule has 0 fully saturated rings. The fraction of sp³-hybridized carbons (Fsp3) is 0.0588. The van der Waals surface area contributed by atoms with Crippen molar-refractivity contribution in [3.8, 4) is 0 Å². The van der Waals surface area contributed by atoms with Crippen molar-refractivity contribution in [3.05, 3.63) is 82.4 Å². The largest absolute Gasteiger partial charge is 0.0843 e. The van der Waals surface area contributed by atoms with E-state index in [0.717, 1.165) is 5.02 Å². The molecule has 0 spiro atoms. The van der Waals surface area contributed by atoms with E-state index in [1.54, 1.807) is 0 Å². The Hall–Kier alpha value is -1.79. The Morgan fingerprint density at radius 2 is 1.61 bits per heavy atom. The minimum absolute atomic E-state index is 0.782. The number of rotatable bonds is 3. The van der Waals surface area contributed by atoms with E-state index in [1.165, 1.54) is 16.7 Å². The Morgan fingerprint density at radius 1 is 0.889 bits per heavy atom. The number of benzene rings is 2. The van der Waals surface area contributed by atoms with Gasteiger partial charge < -0.3 is 0 Å². The summed E-state index contributed by atoms with van der Waals surface area (Å²) < 4.78 is 0. The first-order valence-corrected chi connectivity index (χ1v) is 6.29. The number of hydrogen-bond donors (Lipinski definition) is 0. The first kappa shape index (κ1) is 12.7. The third-order valence-corrected chi connectivity index (χ3v) is 2.94. The summed E-state index contributed by atoms with van der Waals surface area (Å²) in [5.74, 6) is 0. The molecular formula is C17H15Cl. The van der Waals surface area contributed by atoms with Crippen LogP contribution in [0.25, 0.3) is 12.2 Å². The second-order valence-electron chi connectivity index (χ2n) is 4.13. The van der Waals surface area contributed by atoms with Gasteiger partial charge in [0.05, 0.1) is 0 Å². The fourth-order valence-corrected chi connectivity index (χ4v) is 1.94. The quantitative estimate of drug-likeness (QED) is 0.646. The van der Waals surface area contributed by atoms with Gasteiger partial charge in [0.15, 0.2) is 0 Å². The van der Waals surface area contributed by atoms with Gasteiger partial charge >= 0.3 is 0 Å². The summed E-state index contributed by atoms with van der Waals surface area (Å²) in [7, 11) is 0. The van der Waals surface area contributed by atoms with E-state index in [-0.39, 0.29) is 0 Å². The van der Waals surface area contributed by atoms with E-state index in [2.05, 4.69) is 31.2 Å². The summed E-state index contributed by atoms with van der Waals surface area (Å²) in [5.41, 5.74) is 3.58. The Kier molecular flexibility index (Phi) is 4.38. The zero-order valence-corrected chi connectivity index (χ0v) is 11.1. The zero-order chi connectivity index (χ0) is 12.8. The molecule has 90 valence electrons. The molecule has 0 radical (unpaired) electrons. The zero-order valence-electron chi connectivity index (χ0n) is 10.3. The molecule has 0 aliphatic heterocycles. The Balaban J connectivity index is 2.06. The van der Waals surface area contributed by atoms with Crippen LogP contribution in [0.5, 0.6) is 0 Å². The van der Waals surface area contributed by atoms with E-state index < -0.39 is 0 Å². The summed E-state index contributed by atoms with van der Waals surface area (Å²) >= 11 is 5.92. The summed E-state index contributed by atoms with van der Waals surface area (Å²) in [6.07, 6.45) is 8.26. The lowest BCUT2D eigenvalue weighted by Crippen LogP contribution is -1.78. The molecule has 0 aliphatic rings. The lowest BCUT2D eigenvalue weighted by molar-refractivity contribution is 1.44.